The summed E-state index contributed by atoms with van der Waals surface area (Å²) in [6.45, 7) is 2.70. The summed E-state index contributed by atoms with van der Waals surface area (Å²) in [5.74, 6) is -0.0485. The zero-order valence-corrected chi connectivity index (χ0v) is 20.3. The first kappa shape index (κ1) is 25.1. The Labute approximate surface area is 189 Å². The van der Waals surface area contributed by atoms with Gasteiger partial charge in [0, 0.05) is 13.1 Å². The minimum Gasteiger partial charge on any atom is -0.309 e. The lowest BCUT2D eigenvalue weighted by molar-refractivity contribution is 0.346. The molecule has 0 unspecified atom stereocenters. The molecule has 0 saturated heterocycles. The van der Waals surface area contributed by atoms with E-state index in [2.05, 4.69) is 0 Å². The average Bonchev–Trinajstić information content (AvgIpc) is 2.69. The van der Waals surface area contributed by atoms with Crippen LogP contribution in [0.15, 0.2) is 52.3 Å². The number of nitrogens with zero attached hydrogens (tertiary/aromatic N) is 2. The molecule has 0 bridgehead atoms. The molecule has 6 nitrogen and oxygen atoms in total. The lowest BCUT2D eigenvalue weighted by Gasteiger charge is -2.23. The third-order valence-corrected chi connectivity index (χ3v) is 8.91. The summed E-state index contributed by atoms with van der Waals surface area (Å²) in [7, 11) is -3.41. The quantitative estimate of drug-likeness (QED) is 0.502. The number of sulfonamides is 1. The summed E-state index contributed by atoms with van der Waals surface area (Å²) in [5.41, 5.74) is 0.711. The lowest BCUT2D eigenvalue weighted by Crippen LogP contribution is -2.33. The van der Waals surface area contributed by atoms with Crippen LogP contribution in [0.3, 0.4) is 0 Å². The van der Waals surface area contributed by atoms with E-state index >= 15 is 0 Å². The van der Waals surface area contributed by atoms with Crippen molar-refractivity contribution < 1.29 is 16.8 Å². The van der Waals surface area contributed by atoms with Gasteiger partial charge < -0.3 is 4.90 Å². The molecular formula is C20H26Cl2N2O4S2. The first-order chi connectivity index (χ1) is 14.0. The van der Waals surface area contributed by atoms with Crippen molar-refractivity contribution in [3.05, 3.63) is 58.1 Å². The molecule has 0 atom stereocenters. The molecule has 166 valence electrons. The van der Waals surface area contributed by atoms with E-state index in [1.54, 1.807) is 25.1 Å². The number of hydrogen-bond acceptors (Lipinski definition) is 5. The van der Waals surface area contributed by atoms with Gasteiger partial charge in [0.05, 0.1) is 25.6 Å². The third kappa shape index (κ3) is 6.42. The molecule has 0 aliphatic carbocycles. The fourth-order valence-electron chi connectivity index (χ4n) is 2.82. The van der Waals surface area contributed by atoms with Crippen molar-refractivity contribution in [1.29, 1.82) is 0 Å². The topological polar surface area (TPSA) is 74.8 Å². The van der Waals surface area contributed by atoms with Crippen LogP contribution in [0.5, 0.6) is 0 Å². The molecule has 30 heavy (non-hydrogen) atoms. The fourth-order valence-corrected chi connectivity index (χ4v) is 5.50. The molecule has 2 aromatic carbocycles. The largest absolute Gasteiger partial charge is 0.309 e. The molecule has 0 amide bonds. The minimum atomic E-state index is -3.85. The van der Waals surface area contributed by atoms with Gasteiger partial charge in [-0.3, -0.25) is 0 Å². The van der Waals surface area contributed by atoms with Crippen molar-refractivity contribution >= 4 is 43.1 Å². The fraction of sp³-hybridized carbons (Fsp3) is 0.400. The predicted molar refractivity (Wildman–Crippen MR) is 121 cm³/mol. The standard InChI is InChI=1S/C20H26Cl2N2O4S2/c1-4-29(25,26)17-7-9-18(10-8-17)30(27,28)24(13-5-12-23(2)3)15-16-6-11-19(21)20(22)14-16/h6-11,14H,4-5,12-13,15H2,1-3H3. The molecule has 0 saturated carbocycles. The van der Waals surface area contributed by atoms with Gasteiger partial charge in [-0.2, -0.15) is 4.31 Å². The first-order valence-electron chi connectivity index (χ1n) is 9.39. The van der Waals surface area contributed by atoms with E-state index in [0.29, 0.717) is 28.6 Å². The van der Waals surface area contributed by atoms with E-state index in [4.69, 9.17) is 23.2 Å². The number of sulfone groups is 1. The second-order valence-corrected chi connectivity index (χ2v) is 12.1. The van der Waals surface area contributed by atoms with Crippen LogP contribution in [0.25, 0.3) is 0 Å². The van der Waals surface area contributed by atoms with Crippen molar-refractivity contribution in [2.24, 2.45) is 0 Å². The Morgan fingerprint density at radius 1 is 0.833 bits per heavy atom. The summed E-state index contributed by atoms with van der Waals surface area (Å²) in [6, 6.07) is 10.4. The van der Waals surface area contributed by atoms with E-state index in [0.717, 1.165) is 6.54 Å². The van der Waals surface area contributed by atoms with Crippen molar-refractivity contribution in [3.8, 4) is 0 Å². The zero-order valence-electron chi connectivity index (χ0n) is 17.2. The summed E-state index contributed by atoms with van der Waals surface area (Å²) >= 11 is 12.1. The summed E-state index contributed by atoms with van der Waals surface area (Å²) in [6.07, 6.45) is 0.635. The first-order valence-corrected chi connectivity index (χ1v) is 13.2. The number of benzene rings is 2. The van der Waals surface area contributed by atoms with Crippen LogP contribution >= 0.6 is 23.2 Å². The molecule has 0 heterocycles. The van der Waals surface area contributed by atoms with Gasteiger partial charge in [-0.25, -0.2) is 16.8 Å². The Bertz CT molecular complexity index is 1070. The molecule has 0 N–H and O–H groups in total. The molecule has 0 radical (unpaired) electrons. The molecule has 2 aromatic rings. The highest BCUT2D eigenvalue weighted by molar-refractivity contribution is 7.91. The van der Waals surface area contributed by atoms with E-state index in [9.17, 15) is 16.8 Å². The van der Waals surface area contributed by atoms with Crippen molar-refractivity contribution in [3.63, 3.8) is 0 Å². The zero-order chi connectivity index (χ0) is 22.5. The Hall–Kier alpha value is -1.16. The second kappa shape index (κ2) is 10.4. The van der Waals surface area contributed by atoms with Crippen LogP contribution in [-0.4, -0.2) is 59.0 Å². The van der Waals surface area contributed by atoms with Gasteiger partial charge in [0.25, 0.3) is 0 Å². The van der Waals surface area contributed by atoms with E-state index in [-0.39, 0.29) is 22.1 Å². The van der Waals surface area contributed by atoms with Gasteiger partial charge in [0.1, 0.15) is 0 Å². The molecule has 0 aliphatic heterocycles. The summed E-state index contributed by atoms with van der Waals surface area (Å²) in [5, 5.41) is 0.754. The van der Waals surface area contributed by atoms with Gasteiger partial charge in [0.15, 0.2) is 9.84 Å². The smallest absolute Gasteiger partial charge is 0.243 e. The van der Waals surface area contributed by atoms with E-state index in [1.807, 2.05) is 19.0 Å². The van der Waals surface area contributed by atoms with Crippen molar-refractivity contribution in [1.82, 2.24) is 9.21 Å². The second-order valence-electron chi connectivity index (χ2n) is 7.12. The van der Waals surface area contributed by atoms with Gasteiger partial charge in [-0.15, -0.1) is 0 Å². The van der Waals surface area contributed by atoms with Crippen LogP contribution in [0, 0.1) is 0 Å². The Morgan fingerprint density at radius 2 is 1.43 bits per heavy atom. The molecule has 0 aliphatic rings. The summed E-state index contributed by atoms with van der Waals surface area (Å²) < 4.78 is 52.0. The maximum atomic E-state index is 13.3. The van der Waals surface area contributed by atoms with Crippen LogP contribution < -0.4 is 0 Å². The monoisotopic (exact) mass is 492 g/mol. The van der Waals surface area contributed by atoms with E-state index in [1.165, 1.54) is 28.6 Å². The normalized spacial score (nSPS) is 12.6. The highest BCUT2D eigenvalue weighted by Crippen LogP contribution is 2.26. The molecular weight excluding hydrogens is 467 g/mol. The molecule has 0 aromatic heterocycles. The SMILES string of the molecule is CCS(=O)(=O)c1ccc(S(=O)(=O)N(CCCN(C)C)Cc2ccc(Cl)c(Cl)c2)cc1. The average molecular weight is 493 g/mol. The highest BCUT2D eigenvalue weighted by atomic mass is 35.5. The van der Waals surface area contributed by atoms with E-state index < -0.39 is 19.9 Å². The van der Waals surface area contributed by atoms with Crippen molar-refractivity contribution in [2.45, 2.75) is 29.7 Å². The molecule has 2 rings (SSSR count). The maximum Gasteiger partial charge on any atom is 0.243 e. The van der Waals surface area contributed by atoms with Crippen LogP contribution in [0.2, 0.25) is 10.0 Å². The van der Waals surface area contributed by atoms with Gasteiger partial charge in [0.2, 0.25) is 10.0 Å². The van der Waals surface area contributed by atoms with Crippen molar-refractivity contribution in [2.75, 3.05) is 32.9 Å². The van der Waals surface area contributed by atoms with Crippen LogP contribution in [-0.2, 0) is 26.4 Å². The Kier molecular flexibility index (Phi) is 8.73. The maximum absolute atomic E-state index is 13.3. The van der Waals surface area contributed by atoms with Gasteiger partial charge in [-0.1, -0.05) is 36.2 Å². The predicted octanol–water partition coefficient (Wildman–Crippen LogP) is 3.93. The lowest BCUT2D eigenvalue weighted by atomic mass is 10.2. The molecule has 0 fully saturated rings. The Balaban J connectivity index is 2.35. The molecule has 0 spiro atoms. The van der Waals surface area contributed by atoms with Crippen LogP contribution in [0.1, 0.15) is 18.9 Å². The van der Waals surface area contributed by atoms with Crippen LogP contribution in [0.4, 0.5) is 0 Å². The summed E-state index contributed by atoms with van der Waals surface area (Å²) in [4.78, 5) is 2.13. The number of rotatable bonds is 10. The minimum absolute atomic E-state index is 0.0440. The van der Waals surface area contributed by atoms with Gasteiger partial charge >= 0.3 is 0 Å². The Morgan fingerprint density at radius 3 is 1.97 bits per heavy atom. The number of halogens is 2. The van der Waals surface area contributed by atoms with Gasteiger partial charge in [-0.05, 0) is 69.0 Å². The highest BCUT2D eigenvalue weighted by Gasteiger charge is 2.25. The third-order valence-electron chi connectivity index (χ3n) is 4.56. The molecule has 10 heteroatoms. The number of hydrogen-bond donors (Lipinski definition) is 0.